The third-order valence-electron chi connectivity index (χ3n) is 5.15. The third kappa shape index (κ3) is 3.72. The van der Waals surface area contributed by atoms with Crippen molar-refractivity contribution in [2.24, 2.45) is 0 Å². The number of anilines is 1. The van der Waals surface area contributed by atoms with Gasteiger partial charge in [0.15, 0.2) is 16.6 Å². The van der Waals surface area contributed by atoms with E-state index < -0.39 is 0 Å². The Morgan fingerprint density at radius 3 is 2.45 bits per heavy atom. The SMILES string of the molecule is COc1ccc(C(=O)N2CCN(c3nc4c(C)ccc(Cl)c4s3)CC2)cc1OC. The number of halogens is 1. The van der Waals surface area contributed by atoms with Gasteiger partial charge in [-0.3, -0.25) is 4.79 Å². The van der Waals surface area contributed by atoms with Crippen LogP contribution in [-0.2, 0) is 0 Å². The lowest BCUT2D eigenvalue weighted by Gasteiger charge is -2.34. The summed E-state index contributed by atoms with van der Waals surface area (Å²) in [4.78, 5) is 21.8. The maximum atomic E-state index is 12.9. The highest BCUT2D eigenvalue weighted by molar-refractivity contribution is 7.22. The molecular weight excluding hydrogens is 410 g/mol. The summed E-state index contributed by atoms with van der Waals surface area (Å²) in [6.07, 6.45) is 0. The standard InChI is InChI=1S/C21H22ClN3O3S/c1-13-4-6-15(22)19-18(13)23-21(29-19)25-10-8-24(9-11-25)20(26)14-5-7-16(27-2)17(12-14)28-3/h4-7,12H,8-11H2,1-3H3. The Hall–Kier alpha value is -2.51. The third-order valence-corrected chi connectivity index (χ3v) is 6.73. The van der Waals surface area contributed by atoms with Gasteiger partial charge in [-0.15, -0.1) is 0 Å². The summed E-state index contributed by atoms with van der Waals surface area (Å²) in [5.74, 6) is 1.16. The summed E-state index contributed by atoms with van der Waals surface area (Å²) in [6.45, 7) is 4.78. The molecule has 0 atom stereocenters. The first-order chi connectivity index (χ1) is 14.0. The molecular formula is C21H22ClN3O3S. The lowest BCUT2D eigenvalue weighted by atomic mass is 10.1. The Balaban J connectivity index is 1.47. The zero-order valence-electron chi connectivity index (χ0n) is 16.6. The number of nitrogens with zero attached hydrogens (tertiary/aromatic N) is 3. The largest absolute Gasteiger partial charge is 0.493 e. The van der Waals surface area contributed by atoms with Crippen molar-refractivity contribution in [1.29, 1.82) is 0 Å². The molecule has 0 bridgehead atoms. The predicted octanol–water partition coefficient (Wildman–Crippen LogP) is 4.24. The summed E-state index contributed by atoms with van der Waals surface area (Å²) in [6, 6.07) is 9.17. The number of carbonyl (C=O) groups excluding carboxylic acids is 1. The van der Waals surface area contributed by atoms with Crippen molar-refractivity contribution in [1.82, 2.24) is 9.88 Å². The molecule has 2 aromatic carbocycles. The van der Waals surface area contributed by atoms with Crippen molar-refractivity contribution in [2.45, 2.75) is 6.92 Å². The lowest BCUT2D eigenvalue weighted by Crippen LogP contribution is -2.48. The minimum absolute atomic E-state index is 0.00575. The molecule has 1 saturated heterocycles. The Morgan fingerprint density at radius 1 is 1.07 bits per heavy atom. The van der Waals surface area contributed by atoms with E-state index in [2.05, 4.69) is 4.90 Å². The number of ether oxygens (including phenoxy) is 2. The number of aromatic nitrogens is 1. The van der Waals surface area contributed by atoms with Crippen LogP contribution >= 0.6 is 22.9 Å². The van der Waals surface area contributed by atoms with E-state index in [1.54, 1.807) is 43.8 Å². The molecule has 152 valence electrons. The predicted molar refractivity (Wildman–Crippen MR) is 117 cm³/mol. The Labute approximate surface area is 178 Å². The molecule has 0 N–H and O–H groups in total. The van der Waals surface area contributed by atoms with Gasteiger partial charge in [0.05, 0.1) is 29.5 Å². The fourth-order valence-corrected chi connectivity index (χ4v) is 4.85. The van der Waals surface area contributed by atoms with E-state index in [0.717, 1.165) is 39.0 Å². The van der Waals surface area contributed by atoms with Crippen LogP contribution < -0.4 is 14.4 Å². The molecule has 1 aliphatic heterocycles. The number of piperazine rings is 1. The van der Waals surface area contributed by atoms with Crippen molar-refractivity contribution >= 4 is 44.2 Å². The van der Waals surface area contributed by atoms with Crippen LogP contribution in [0.3, 0.4) is 0 Å². The number of benzene rings is 2. The number of thiazole rings is 1. The molecule has 1 aliphatic rings. The second-order valence-electron chi connectivity index (χ2n) is 6.89. The quantitative estimate of drug-likeness (QED) is 0.618. The zero-order valence-corrected chi connectivity index (χ0v) is 18.1. The van der Waals surface area contributed by atoms with E-state index in [4.69, 9.17) is 26.1 Å². The van der Waals surface area contributed by atoms with E-state index in [-0.39, 0.29) is 5.91 Å². The zero-order chi connectivity index (χ0) is 20.5. The van der Waals surface area contributed by atoms with Crippen LogP contribution in [0.1, 0.15) is 15.9 Å². The van der Waals surface area contributed by atoms with Gasteiger partial charge in [-0.1, -0.05) is 29.0 Å². The van der Waals surface area contributed by atoms with Gasteiger partial charge in [0.2, 0.25) is 0 Å². The molecule has 6 nitrogen and oxygen atoms in total. The van der Waals surface area contributed by atoms with Gasteiger partial charge in [-0.25, -0.2) is 4.98 Å². The molecule has 3 aromatic rings. The van der Waals surface area contributed by atoms with Gasteiger partial charge in [-0.2, -0.15) is 0 Å². The molecule has 0 aliphatic carbocycles. The molecule has 29 heavy (non-hydrogen) atoms. The van der Waals surface area contributed by atoms with E-state index in [0.29, 0.717) is 30.2 Å². The number of hydrogen-bond donors (Lipinski definition) is 0. The van der Waals surface area contributed by atoms with Crippen LogP contribution in [0.4, 0.5) is 5.13 Å². The number of hydrogen-bond acceptors (Lipinski definition) is 6. The van der Waals surface area contributed by atoms with Crippen LogP contribution in [0, 0.1) is 6.92 Å². The summed E-state index contributed by atoms with van der Waals surface area (Å²) in [5, 5.41) is 1.69. The highest BCUT2D eigenvalue weighted by Gasteiger charge is 2.25. The van der Waals surface area contributed by atoms with Crippen molar-refractivity contribution < 1.29 is 14.3 Å². The van der Waals surface area contributed by atoms with E-state index in [1.807, 2.05) is 24.0 Å². The summed E-state index contributed by atoms with van der Waals surface area (Å²) < 4.78 is 11.6. The molecule has 0 saturated carbocycles. The van der Waals surface area contributed by atoms with E-state index in [1.165, 1.54) is 0 Å². The van der Waals surface area contributed by atoms with E-state index >= 15 is 0 Å². The molecule has 4 rings (SSSR count). The molecule has 0 radical (unpaired) electrons. The summed E-state index contributed by atoms with van der Waals surface area (Å²) >= 11 is 7.95. The first-order valence-electron chi connectivity index (χ1n) is 9.33. The lowest BCUT2D eigenvalue weighted by molar-refractivity contribution is 0.0746. The average Bonchev–Trinajstić information content (AvgIpc) is 3.22. The number of aryl methyl sites for hydroxylation is 1. The maximum Gasteiger partial charge on any atom is 0.254 e. The van der Waals surface area contributed by atoms with Gasteiger partial charge in [0.25, 0.3) is 5.91 Å². The Kier molecular flexibility index (Phi) is 5.52. The number of rotatable bonds is 4. The first kappa shape index (κ1) is 19.8. The molecule has 0 unspecified atom stereocenters. The minimum Gasteiger partial charge on any atom is -0.493 e. The van der Waals surface area contributed by atoms with Crippen molar-refractivity contribution in [2.75, 3.05) is 45.3 Å². The monoisotopic (exact) mass is 431 g/mol. The normalized spacial score (nSPS) is 14.3. The van der Waals surface area contributed by atoms with Gasteiger partial charge >= 0.3 is 0 Å². The van der Waals surface area contributed by atoms with Crippen LogP contribution in [0.25, 0.3) is 10.2 Å². The molecule has 1 fully saturated rings. The fraction of sp³-hybridized carbons (Fsp3) is 0.333. The van der Waals surface area contributed by atoms with E-state index in [9.17, 15) is 4.79 Å². The van der Waals surface area contributed by atoms with Gasteiger partial charge in [-0.05, 0) is 36.8 Å². The van der Waals surface area contributed by atoms with Crippen LogP contribution in [-0.4, -0.2) is 56.2 Å². The van der Waals surface area contributed by atoms with Crippen LogP contribution in [0.15, 0.2) is 30.3 Å². The minimum atomic E-state index is -0.00575. The molecule has 8 heteroatoms. The number of fused-ring (bicyclic) bond motifs is 1. The first-order valence-corrected chi connectivity index (χ1v) is 10.5. The average molecular weight is 432 g/mol. The van der Waals surface area contributed by atoms with Crippen LogP contribution in [0.5, 0.6) is 11.5 Å². The topological polar surface area (TPSA) is 54.9 Å². The molecule has 2 heterocycles. The Morgan fingerprint density at radius 2 is 1.79 bits per heavy atom. The smallest absolute Gasteiger partial charge is 0.254 e. The second-order valence-corrected chi connectivity index (χ2v) is 8.27. The number of methoxy groups -OCH3 is 2. The van der Waals surface area contributed by atoms with Crippen molar-refractivity contribution in [3.8, 4) is 11.5 Å². The molecule has 0 spiro atoms. The van der Waals surface area contributed by atoms with Crippen molar-refractivity contribution in [3.05, 3.63) is 46.5 Å². The molecule has 1 aromatic heterocycles. The Bertz CT molecular complexity index is 1020. The number of amides is 1. The maximum absolute atomic E-state index is 12.9. The highest BCUT2D eigenvalue weighted by Crippen LogP contribution is 2.36. The van der Waals surface area contributed by atoms with Gasteiger partial charge in [0.1, 0.15) is 0 Å². The van der Waals surface area contributed by atoms with Gasteiger partial charge in [0, 0.05) is 31.7 Å². The van der Waals surface area contributed by atoms with Crippen LogP contribution in [0.2, 0.25) is 5.02 Å². The fourth-order valence-electron chi connectivity index (χ4n) is 3.48. The van der Waals surface area contributed by atoms with Gasteiger partial charge < -0.3 is 19.3 Å². The highest BCUT2D eigenvalue weighted by atomic mass is 35.5. The number of carbonyl (C=O) groups is 1. The molecule has 1 amide bonds. The van der Waals surface area contributed by atoms with Crippen molar-refractivity contribution in [3.63, 3.8) is 0 Å². The summed E-state index contributed by atoms with van der Waals surface area (Å²) in [5.41, 5.74) is 2.67. The second kappa shape index (κ2) is 8.08. The summed E-state index contributed by atoms with van der Waals surface area (Å²) in [7, 11) is 3.14.